The van der Waals surface area contributed by atoms with Gasteiger partial charge in [0, 0.05) is 37.6 Å². The number of benzene rings is 1. The quantitative estimate of drug-likeness (QED) is 0.103. The van der Waals surface area contributed by atoms with Gasteiger partial charge in [0.2, 0.25) is 12.3 Å². The summed E-state index contributed by atoms with van der Waals surface area (Å²) in [6.45, 7) is 13.9. The van der Waals surface area contributed by atoms with Crippen molar-refractivity contribution < 1.29 is 33.4 Å². The highest BCUT2D eigenvalue weighted by Gasteiger charge is 2.18. The van der Waals surface area contributed by atoms with Crippen LogP contribution in [0.5, 0.6) is 0 Å². The van der Waals surface area contributed by atoms with E-state index in [1.54, 1.807) is 12.5 Å². The fourth-order valence-corrected chi connectivity index (χ4v) is 3.76. The smallest absolute Gasteiger partial charge is 0.353 e. The molecule has 43 heavy (non-hydrogen) atoms. The maximum Gasteiger partial charge on any atom is 0.353 e. The number of methoxy groups -OCH3 is 2. The van der Waals surface area contributed by atoms with Crippen LogP contribution in [0.25, 0.3) is 10.6 Å². The predicted octanol–water partition coefficient (Wildman–Crippen LogP) is 3.21. The van der Waals surface area contributed by atoms with Crippen molar-refractivity contribution in [2.24, 2.45) is 0 Å². The number of nitrogens with one attached hydrogen (secondary N) is 4. The first kappa shape index (κ1) is 36.7. The van der Waals surface area contributed by atoms with E-state index in [2.05, 4.69) is 44.1 Å². The lowest BCUT2D eigenvalue weighted by atomic mass is 10.1. The molecule has 0 atom stereocenters. The van der Waals surface area contributed by atoms with Crippen molar-refractivity contribution in [2.45, 2.75) is 58.6 Å². The van der Waals surface area contributed by atoms with Gasteiger partial charge in [-0.3, -0.25) is 19.2 Å². The Morgan fingerprint density at radius 1 is 0.977 bits per heavy atom. The SMILES string of the molecule is C=C(NC(=O)c1csc(-c2ccc(CNC(=O)CCCCCNC=O)cc2)n1)C(=O)NC(=C)C(=O)OC.COC(C)(C)C. The zero-order chi connectivity index (χ0) is 32.4. The van der Waals surface area contributed by atoms with Crippen LogP contribution < -0.4 is 21.3 Å². The van der Waals surface area contributed by atoms with E-state index in [4.69, 9.17) is 4.74 Å². The lowest BCUT2D eigenvalue weighted by Gasteiger charge is -2.14. The largest absolute Gasteiger partial charge is 0.464 e. The summed E-state index contributed by atoms with van der Waals surface area (Å²) in [6, 6.07) is 7.41. The average molecular weight is 616 g/mol. The van der Waals surface area contributed by atoms with Crippen LogP contribution in [0.4, 0.5) is 0 Å². The highest BCUT2D eigenvalue weighted by Crippen LogP contribution is 2.24. The molecule has 0 spiro atoms. The lowest BCUT2D eigenvalue weighted by molar-refractivity contribution is -0.137. The number of unbranched alkanes of at least 4 members (excludes halogenated alkanes) is 2. The van der Waals surface area contributed by atoms with Gasteiger partial charge in [0.15, 0.2) is 0 Å². The summed E-state index contributed by atoms with van der Waals surface area (Å²) in [6.07, 6.45) is 3.55. The van der Waals surface area contributed by atoms with E-state index in [1.807, 2.05) is 45.0 Å². The number of nitrogens with zero attached hydrogens (tertiary/aromatic N) is 1. The Morgan fingerprint density at radius 2 is 1.63 bits per heavy atom. The Labute approximate surface area is 256 Å². The molecule has 0 aliphatic carbocycles. The topological polar surface area (TPSA) is 165 Å². The minimum absolute atomic E-state index is 0.0344. The maximum atomic E-state index is 12.4. The lowest BCUT2D eigenvalue weighted by Crippen LogP contribution is -2.35. The number of carbonyl (C=O) groups is 5. The summed E-state index contributed by atoms with van der Waals surface area (Å²) in [4.78, 5) is 62.3. The van der Waals surface area contributed by atoms with Gasteiger partial charge in [0.25, 0.3) is 11.8 Å². The highest BCUT2D eigenvalue weighted by atomic mass is 32.1. The Bertz CT molecular complexity index is 1270. The van der Waals surface area contributed by atoms with Gasteiger partial charge in [-0.15, -0.1) is 11.3 Å². The molecule has 0 aliphatic heterocycles. The number of amides is 4. The number of thiazole rings is 1. The summed E-state index contributed by atoms with van der Waals surface area (Å²) in [5, 5.41) is 12.1. The molecule has 4 amide bonds. The Kier molecular flexibility index (Phi) is 16.2. The van der Waals surface area contributed by atoms with E-state index in [0.717, 1.165) is 37.5 Å². The first-order valence-corrected chi connectivity index (χ1v) is 14.3. The zero-order valence-corrected chi connectivity index (χ0v) is 26.2. The van der Waals surface area contributed by atoms with E-state index in [0.29, 0.717) is 30.9 Å². The van der Waals surface area contributed by atoms with Crippen molar-refractivity contribution in [3.63, 3.8) is 0 Å². The normalized spacial score (nSPS) is 10.3. The van der Waals surface area contributed by atoms with Crippen LogP contribution in [0.15, 0.2) is 54.2 Å². The van der Waals surface area contributed by atoms with Gasteiger partial charge in [-0.25, -0.2) is 9.78 Å². The molecular weight excluding hydrogens is 574 g/mol. The van der Waals surface area contributed by atoms with E-state index >= 15 is 0 Å². The molecular formula is C30H41N5O7S. The third-order valence-electron chi connectivity index (χ3n) is 5.58. The predicted molar refractivity (Wildman–Crippen MR) is 165 cm³/mol. The van der Waals surface area contributed by atoms with E-state index in [-0.39, 0.29) is 28.6 Å². The minimum atomic E-state index is -0.818. The molecule has 2 aromatic rings. The Balaban J connectivity index is 0.00000139. The molecule has 1 aromatic heterocycles. The van der Waals surface area contributed by atoms with Gasteiger partial charge < -0.3 is 30.7 Å². The summed E-state index contributed by atoms with van der Waals surface area (Å²) in [5.74, 6) is -2.30. The molecule has 0 radical (unpaired) electrons. The summed E-state index contributed by atoms with van der Waals surface area (Å²) >= 11 is 1.25. The second-order valence-corrected chi connectivity index (χ2v) is 10.9. The van der Waals surface area contributed by atoms with Crippen LogP contribution in [0.1, 0.15) is 62.5 Å². The highest BCUT2D eigenvalue weighted by molar-refractivity contribution is 7.13. The van der Waals surface area contributed by atoms with Crippen LogP contribution in [-0.4, -0.2) is 61.5 Å². The third kappa shape index (κ3) is 14.9. The first-order chi connectivity index (χ1) is 20.3. The standard InChI is InChI=1S/C25H29N5O6S.C5H12O/c1-16(22(33)29-17(2)25(35)36-3)28-23(34)20-14-37-24(30-20)19-10-8-18(9-11-19)13-27-21(32)7-5-4-6-12-26-15-31;1-5(2,3)6-4/h8-11,14-15H,1-2,4-7,12-13H2,3H3,(H,26,31)(H,27,32)(H,28,34)(H,29,33);1-4H3. The summed E-state index contributed by atoms with van der Waals surface area (Å²) in [7, 11) is 2.85. The maximum absolute atomic E-state index is 12.4. The molecule has 0 fully saturated rings. The van der Waals surface area contributed by atoms with Gasteiger partial charge in [0.05, 0.1) is 18.4 Å². The second kappa shape index (κ2) is 18.9. The van der Waals surface area contributed by atoms with Crippen LogP contribution in [-0.2, 0) is 35.2 Å². The summed E-state index contributed by atoms with van der Waals surface area (Å²) in [5.41, 5.74) is 1.26. The van der Waals surface area contributed by atoms with Gasteiger partial charge in [-0.05, 0) is 39.2 Å². The van der Waals surface area contributed by atoms with Crippen molar-refractivity contribution in [3.8, 4) is 10.6 Å². The van der Waals surface area contributed by atoms with Gasteiger partial charge in [0.1, 0.15) is 16.4 Å². The number of hydrogen-bond donors (Lipinski definition) is 4. The number of carbonyl (C=O) groups excluding carboxylic acids is 5. The number of esters is 1. The van der Waals surface area contributed by atoms with E-state index < -0.39 is 17.8 Å². The summed E-state index contributed by atoms with van der Waals surface area (Å²) < 4.78 is 9.38. The molecule has 12 nitrogen and oxygen atoms in total. The third-order valence-corrected chi connectivity index (χ3v) is 6.47. The zero-order valence-electron chi connectivity index (χ0n) is 25.3. The molecule has 0 unspecified atom stereocenters. The van der Waals surface area contributed by atoms with Crippen LogP contribution in [0.3, 0.4) is 0 Å². The van der Waals surface area contributed by atoms with Crippen LogP contribution in [0.2, 0.25) is 0 Å². The Morgan fingerprint density at radius 3 is 2.21 bits per heavy atom. The van der Waals surface area contributed by atoms with Crippen LogP contribution >= 0.6 is 11.3 Å². The van der Waals surface area contributed by atoms with Gasteiger partial charge in [-0.2, -0.15) is 0 Å². The fourth-order valence-electron chi connectivity index (χ4n) is 2.96. The second-order valence-electron chi connectivity index (χ2n) is 10.1. The number of aromatic nitrogens is 1. The fraction of sp³-hybridized carbons (Fsp3) is 0.400. The molecule has 0 bridgehead atoms. The molecule has 1 aromatic carbocycles. The van der Waals surface area contributed by atoms with Crippen molar-refractivity contribution >= 4 is 41.4 Å². The molecule has 1 heterocycles. The Hall–Kier alpha value is -4.36. The van der Waals surface area contributed by atoms with Crippen molar-refractivity contribution in [1.29, 1.82) is 0 Å². The van der Waals surface area contributed by atoms with Crippen molar-refractivity contribution in [3.05, 3.63) is 65.5 Å². The van der Waals surface area contributed by atoms with Crippen molar-refractivity contribution in [2.75, 3.05) is 20.8 Å². The molecule has 0 aliphatic rings. The first-order valence-electron chi connectivity index (χ1n) is 13.4. The molecule has 0 saturated heterocycles. The van der Waals surface area contributed by atoms with Crippen LogP contribution in [0, 0.1) is 0 Å². The molecule has 0 saturated carbocycles. The number of ether oxygens (including phenoxy) is 2. The van der Waals surface area contributed by atoms with E-state index in [1.165, 1.54) is 11.3 Å². The van der Waals surface area contributed by atoms with Gasteiger partial charge in [-0.1, -0.05) is 43.8 Å². The minimum Gasteiger partial charge on any atom is -0.464 e. The number of rotatable bonds is 15. The molecule has 234 valence electrons. The van der Waals surface area contributed by atoms with Gasteiger partial charge >= 0.3 is 5.97 Å². The molecule has 4 N–H and O–H groups in total. The monoisotopic (exact) mass is 615 g/mol. The molecule has 13 heteroatoms. The van der Waals surface area contributed by atoms with Crippen molar-refractivity contribution in [1.82, 2.24) is 26.3 Å². The average Bonchev–Trinajstić information content (AvgIpc) is 3.48. The van der Waals surface area contributed by atoms with E-state index in [9.17, 15) is 24.0 Å². The number of hydrogen-bond acceptors (Lipinski definition) is 9. The molecule has 2 rings (SSSR count).